The van der Waals surface area contributed by atoms with Crippen LogP contribution in [0.25, 0.3) is 0 Å². The molecule has 1 aromatic carbocycles. The van der Waals surface area contributed by atoms with Crippen LogP contribution in [0, 0.1) is 5.82 Å². The summed E-state index contributed by atoms with van der Waals surface area (Å²) in [6.45, 7) is 8.23. The lowest BCUT2D eigenvalue weighted by molar-refractivity contribution is 0.152. The van der Waals surface area contributed by atoms with Crippen molar-refractivity contribution in [3.8, 4) is 0 Å². The number of nitrogens with one attached hydrogen (secondary N) is 1. The zero-order valence-electron chi connectivity index (χ0n) is 12.5. The fourth-order valence-corrected chi connectivity index (χ4v) is 2.51. The smallest absolute Gasteiger partial charge is 0.146 e. The first-order valence-corrected chi connectivity index (χ1v) is 7.58. The molecule has 4 heteroatoms. The van der Waals surface area contributed by atoms with Gasteiger partial charge in [-0.2, -0.15) is 0 Å². The molecule has 112 valence electrons. The molecule has 0 radical (unpaired) electrons. The van der Waals surface area contributed by atoms with Crippen LogP contribution in [0.2, 0.25) is 0 Å². The monoisotopic (exact) mass is 280 g/mol. The number of rotatable bonds is 5. The lowest BCUT2D eigenvalue weighted by Gasteiger charge is -2.23. The van der Waals surface area contributed by atoms with Crippen LogP contribution in [-0.4, -0.2) is 32.8 Å². The number of halogens is 1. The molecular formula is C16H25FN2O. The Morgan fingerprint density at radius 2 is 2.20 bits per heavy atom. The van der Waals surface area contributed by atoms with E-state index in [1.165, 1.54) is 0 Å². The first-order valence-electron chi connectivity index (χ1n) is 7.58. The zero-order valence-corrected chi connectivity index (χ0v) is 12.5. The molecule has 0 aliphatic carbocycles. The third kappa shape index (κ3) is 3.93. The maximum atomic E-state index is 14.3. The highest BCUT2D eigenvalue weighted by Crippen LogP contribution is 2.24. The van der Waals surface area contributed by atoms with E-state index in [2.05, 4.69) is 24.1 Å². The van der Waals surface area contributed by atoms with Crippen LogP contribution >= 0.6 is 0 Å². The van der Waals surface area contributed by atoms with Crippen molar-refractivity contribution in [2.45, 2.75) is 32.7 Å². The molecule has 20 heavy (non-hydrogen) atoms. The number of hydrogen-bond donors (Lipinski definition) is 1. The van der Waals surface area contributed by atoms with Gasteiger partial charge in [0.25, 0.3) is 0 Å². The summed E-state index contributed by atoms with van der Waals surface area (Å²) >= 11 is 0. The van der Waals surface area contributed by atoms with Crippen LogP contribution in [0.15, 0.2) is 18.2 Å². The standard InChI is InChI=1S/C16H25FN2O/c1-3-7-18-13(2)14-5-6-16(15(17)12-14)19-8-4-10-20-11-9-19/h5-6,12-13,18H,3-4,7-11H2,1-2H3. The molecule has 1 aromatic rings. The van der Waals surface area contributed by atoms with E-state index >= 15 is 0 Å². The van der Waals surface area contributed by atoms with E-state index in [0.717, 1.165) is 44.6 Å². The molecule has 0 amide bonds. The van der Waals surface area contributed by atoms with Crippen LogP contribution < -0.4 is 10.2 Å². The highest BCUT2D eigenvalue weighted by atomic mass is 19.1. The van der Waals surface area contributed by atoms with E-state index in [4.69, 9.17) is 4.74 Å². The van der Waals surface area contributed by atoms with Gasteiger partial charge in [0.2, 0.25) is 0 Å². The Bertz CT molecular complexity index is 417. The van der Waals surface area contributed by atoms with Crippen molar-refractivity contribution in [3.05, 3.63) is 29.6 Å². The van der Waals surface area contributed by atoms with Gasteiger partial charge in [-0.1, -0.05) is 13.0 Å². The largest absolute Gasteiger partial charge is 0.380 e. The van der Waals surface area contributed by atoms with Crippen molar-refractivity contribution in [1.29, 1.82) is 0 Å². The third-order valence-corrected chi connectivity index (χ3v) is 3.74. The Morgan fingerprint density at radius 1 is 1.35 bits per heavy atom. The van der Waals surface area contributed by atoms with Crippen molar-refractivity contribution in [1.82, 2.24) is 5.32 Å². The van der Waals surface area contributed by atoms with Gasteiger partial charge in [0, 0.05) is 25.7 Å². The highest BCUT2D eigenvalue weighted by Gasteiger charge is 2.15. The number of ether oxygens (including phenoxy) is 1. The fourth-order valence-electron chi connectivity index (χ4n) is 2.51. The molecular weight excluding hydrogens is 255 g/mol. The van der Waals surface area contributed by atoms with Gasteiger partial charge in [-0.05, 0) is 44.0 Å². The topological polar surface area (TPSA) is 24.5 Å². The van der Waals surface area contributed by atoms with Crippen LogP contribution in [0.5, 0.6) is 0 Å². The van der Waals surface area contributed by atoms with Crippen molar-refractivity contribution in [3.63, 3.8) is 0 Å². The average Bonchev–Trinajstić information content (AvgIpc) is 2.73. The number of benzene rings is 1. The summed E-state index contributed by atoms with van der Waals surface area (Å²) in [6, 6.07) is 5.78. The van der Waals surface area contributed by atoms with E-state index in [1.54, 1.807) is 6.07 Å². The van der Waals surface area contributed by atoms with Crippen LogP contribution in [0.1, 0.15) is 38.3 Å². The Hall–Kier alpha value is -1.13. The normalized spacial score (nSPS) is 17.9. The van der Waals surface area contributed by atoms with Crippen LogP contribution in [0.4, 0.5) is 10.1 Å². The van der Waals surface area contributed by atoms with Crippen LogP contribution in [-0.2, 0) is 4.74 Å². The minimum absolute atomic E-state index is 0.130. The maximum Gasteiger partial charge on any atom is 0.146 e. The van der Waals surface area contributed by atoms with Gasteiger partial charge in [-0.15, -0.1) is 0 Å². The highest BCUT2D eigenvalue weighted by molar-refractivity contribution is 5.49. The molecule has 0 aromatic heterocycles. The van der Waals surface area contributed by atoms with Gasteiger partial charge in [0.05, 0.1) is 12.3 Å². The first-order chi connectivity index (χ1) is 9.72. The molecule has 1 heterocycles. The predicted octanol–water partition coefficient (Wildman–Crippen LogP) is 3.11. The van der Waals surface area contributed by atoms with Crippen molar-refractivity contribution < 1.29 is 9.13 Å². The summed E-state index contributed by atoms with van der Waals surface area (Å²) in [5.41, 5.74) is 1.70. The van der Waals surface area contributed by atoms with Gasteiger partial charge in [0.15, 0.2) is 0 Å². The zero-order chi connectivity index (χ0) is 14.4. The quantitative estimate of drug-likeness (QED) is 0.897. The Balaban J connectivity index is 2.08. The number of hydrogen-bond acceptors (Lipinski definition) is 3. The van der Waals surface area contributed by atoms with Crippen molar-refractivity contribution in [2.75, 3.05) is 37.7 Å². The van der Waals surface area contributed by atoms with E-state index < -0.39 is 0 Å². The van der Waals surface area contributed by atoms with Gasteiger partial charge in [-0.25, -0.2) is 4.39 Å². The average molecular weight is 280 g/mol. The Kier molecular flexibility index (Phi) is 5.80. The summed E-state index contributed by atoms with van der Waals surface area (Å²) in [5, 5.41) is 3.38. The SMILES string of the molecule is CCCNC(C)c1ccc(N2CCCOCC2)c(F)c1. The minimum Gasteiger partial charge on any atom is -0.380 e. The van der Waals surface area contributed by atoms with Crippen LogP contribution in [0.3, 0.4) is 0 Å². The molecule has 2 rings (SSSR count). The lowest BCUT2D eigenvalue weighted by Crippen LogP contribution is -2.27. The van der Waals surface area contributed by atoms with E-state index in [1.807, 2.05) is 12.1 Å². The van der Waals surface area contributed by atoms with Gasteiger partial charge in [-0.3, -0.25) is 0 Å². The molecule has 3 nitrogen and oxygen atoms in total. The van der Waals surface area contributed by atoms with Crippen molar-refractivity contribution >= 4 is 5.69 Å². The fraction of sp³-hybridized carbons (Fsp3) is 0.625. The van der Waals surface area contributed by atoms with E-state index in [9.17, 15) is 4.39 Å². The predicted molar refractivity (Wildman–Crippen MR) is 80.8 cm³/mol. The van der Waals surface area contributed by atoms with Gasteiger partial charge < -0.3 is 15.0 Å². The summed E-state index contributed by atoms with van der Waals surface area (Å²) in [5.74, 6) is -0.130. The first kappa shape index (κ1) is 15.3. The summed E-state index contributed by atoms with van der Waals surface area (Å²) in [6.07, 6.45) is 2.04. The third-order valence-electron chi connectivity index (χ3n) is 3.74. The van der Waals surface area contributed by atoms with Crippen molar-refractivity contribution in [2.24, 2.45) is 0 Å². The minimum atomic E-state index is -0.130. The summed E-state index contributed by atoms with van der Waals surface area (Å²) < 4.78 is 19.8. The maximum absolute atomic E-state index is 14.3. The van der Waals surface area contributed by atoms with E-state index in [0.29, 0.717) is 12.3 Å². The van der Waals surface area contributed by atoms with E-state index in [-0.39, 0.29) is 11.9 Å². The second-order valence-electron chi connectivity index (χ2n) is 5.34. The number of anilines is 1. The summed E-state index contributed by atoms with van der Waals surface area (Å²) in [4.78, 5) is 2.08. The molecule has 1 aliphatic heterocycles. The van der Waals surface area contributed by atoms with Gasteiger partial charge >= 0.3 is 0 Å². The second kappa shape index (κ2) is 7.60. The molecule has 0 saturated carbocycles. The Morgan fingerprint density at radius 3 is 2.95 bits per heavy atom. The molecule has 1 N–H and O–H groups in total. The molecule has 1 aliphatic rings. The number of nitrogens with zero attached hydrogens (tertiary/aromatic N) is 1. The van der Waals surface area contributed by atoms with Gasteiger partial charge in [0.1, 0.15) is 5.82 Å². The summed E-state index contributed by atoms with van der Waals surface area (Å²) in [7, 11) is 0. The molecule has 1 saturated heterocycles. The molecule has 0 spiro atoms. The Labute approximate surface area is 121 Å². The second-order valence-corrected chi connectivity index (χ2v) is 5.34. The molecule has 1 atom stereocenters. The molecule has 0 bridgehead atoms. The molecule has 1 unspecified atom stereocenters. The molecule has 1 fully saturated rings. The lowest BCUT2D eigenvalue weighted by atomic mass is 10.1.